The standard InChI is InChI=1S/C13H16N2O2/c1-10-5-4-7-12(14-10)13(17)15-8-3-2-6-11(15)9-16/h2-5,7,11,16H,6,8-9H2,1H3/t11-/m0/s1. The number of aliphatic hydroxyl groups is 1. The molecule has 1 N–H and O–H groups in total. The number of aromatic nitrogens is 1. The molecule has 2 heterocycles. The fraction of sp³-hybridized carbons (Fsp3) is 0.385. The van der Waals surface area contributed by atoms with Crippen LogP contribution in [0.2, 0.25) is 0 Å². The van der Waals surface area contributed by atoms with Crippen LogP contribution in [0.4, 0.5) is 0 Å². The molecule has 0 saturated carbocycles. The van der Waals surface area contributed by atoms with Crippen LogP contribution in [0.3, 0.4) is 0 Å². The van der Waals surface area contributed by atoms with Gasteiger partial charge in [0, 0.05) is 12.2 Å². The van der Waals surface area contributed by atoms with Gasteiger partial charge in [0.2, 0.25) is 0 Å². The molecule has 0 saturated heterocycles. The Morgan fingerprint density at radius 2 is 2.35 bits per heavy atom. The molecule has 1 aromatic heterocycles. The van der Waals surface area contributed by atoms with Crippen molar-refractivity contribution in [3.63, 3.8) is 0 Å². The number of nitrogens with zero attached hydrogens (tertiary/aromatic N) is 2. The highest BCUT2D eigenvalue weighted by molar-refractivity contribution is 5.92. The molecule has 0 unspecified atom stereocenters. The molecule has 17 heavy (non-hydrogen) atoms. The summed E-state index contributed by atoms with van der Waals surface area (Å²) >= 11 is 0. The number of carbonyl (C=O) groups excluding carboxylic acids is 1. The summed E-state index contributed by atoms with van der Waals surface area (Å²) < 4.78 is 0. The van der Waals surface area contributed by atoms with Crippen molar-refractivity contribution in [2.45, 2.75) is 19.4 Å². The van der Waals surface area contributed by atoms with Crippen LogP contribution in [0.25, 0.3) is 0 Å². The lowest BCUT2D eigenvalue weighted by molar-refractivity contribution is 0.0607. The Morgan fingerprint density at radius 3 is 3.06 bits per heavy atom. The van der Waals surface area contributed by atoms with Crippen molar-refractivity contribution in [3.05, 3.63) is 41.7 Å². The maximum atomic E-state index is 12.2. The number of amides is 1. The van der Waals surface area contributed by atoms with Crippen molar-refractivity contribution < 1.29 is 9.90 Å². The Kier molecular flexibility index (Phi) is 3.54. The smallest absolute Gasteiger partial charge is 0.273 e. The SMILES string of the molecule is Cc1cccc(C(=O)N2CC=CC[C@H]2CO)n1. The van der Waals surface area contributed by atoms with Gasteiger partial charge >= 0.3 is 0 Å². The zero-order valence-electron chi connectivity index (χ0n) is 9.84. The summed E-state index contributed by atoms with van der Waals surface area (Å²) in [4.78, 5) is 18.1. The zero-order chi connectivity index (χ0) is 12.3. The van der Waals surface area contributed by atoms with E-state index in [-0.39, 0.29) is 18.6 Å². The molecule has 90 valence electrons. The van der Waals surface area contributed by atoms with E-state index in [0.717, 1.165) is 5.69 Å². The van der Waals surface area contributed by atoms with Crippen molar-refractivity contribution in [1.82, 2.24) is 9.88 Å². The van der Waals surface area contributed by atoms with Gasteiger partial charge in [-0.15, -0.1) is 0 Å². The average molecular weight is 232 g/mol. The molecular formula is C13H16N2O2. The first-order valence-corrected chi connectivity index (χ1v) is 5.73. The summed E-state index contributed by atoms with van der Waals surface area (Å²) in [6.07, 6.45) is 4.64. The Hall–Kier alpha value is -1.68. The minimum absolute atomic E-state index is 0.0120. The molecule has 0 aromatic carbocycles. The number of aliphatic hydroxyl groups excluding tert-OH is 1. The summed E-state index contributed by atoms with van der Waals surface area (Å²) in [5.41, 5.74) is 1.27. The van der Waals surface area contributed by atoms with Gasteiger partial charge in [-0.1, -0.05) is 18.2 Å². The second kappa shape index (κ2) is 5.10. The van der Waals surface area contributed by atoms with Crippen LogP contribution >= 0.6 is 0 Å². The van der Waals surface area contributed by atoms with E-state index < -0.39 is 0 Å². The predicted octanol–water partition coefficient (Wildman–Crippen LogP) is 1.15. The Morgan fingerprint density at radius 1 is 1.53 bits per heavy atom. The van der Waals surface area contributed by atoms with E-state index in [2.05, 4.69) is 4.98 Å². The second-order valence-corrected chi connectivity index (χ2v) is 4.17. The van der Waals surface area contributed by atoms with Crippen LogP contribution in [-0.2, 0) is 0 Å². The van der Waals surface area contributed by atoms with Crippen molar-refractivity contribution >= 4 is 5.91 Å². The maximum absolute atomic E-state index is 12.2. The minimum atomic E-state index is -0.130. The monoisotopic (exact) mass is 232 g/mol. The van der Waals surface area contributed by atoms with E-state index in [1.165, 1.54) is 0 Å². The molecule has 0 bridgehead atoms. The van der Waals surface area contributed by atoms with Crippen LogP contribution < -0.4 is 0 Å². The maximum Gasteiger partial charge on any atom is 0.273 e. The largest absolute Gasteiger partial charge is 0.394 e. The first-order valence-electron chi connectivity index (χ1n) is 5.73. The van der Waals surface area contributed by atoms with E-state index in [1.807, 2.05) is 31.2 Å². The summed E-state index contributed by atoms with van der Waals surface area (Å²) in [6.45, 7) is 2.39. The second-order valence-electron chi connectivity index (χ2n) is 4.17. The predicted molar refractivity (Wildman–Crippen MR) is 64.6 cm³/mol. The molecule has 2 rings (SSSR count). The van der Waals surface area contributed by atoms with Gasteiger partial charge in [0.1, 0.15) is 5.69 Å². The third kappa shape index (κ3) is 2.53. The Labute approximate surface area is 101 Å². The fourth-order valence-electron chi connectivity index (χ4n) is 1.95. The summed E-state index contributed by atoms with van der Waals surface area (Å²) in [6, 6.07) is 5.26. The lowest BCUT2D eigenvalue weighted by atomic mass is 10.1. The molecule has 1 amide bonds. The first-order chi connectivity index (χ1) is 8.22. The van der Waals surface area contributed by atoms with Gasteiger partial charge in [0.05, 0.1) is 12.6 Å². The van der Waals surface area contributed by atoms with Crippen LogP contribution in [0, 0.1) is 6.92 Å². The molecule has 0 radical (unpaired) electrons. The normalized spacial score (nSPS) is 19.4. The molecule has 1 aromatic rings. The fourth-order valence-corrected chi connectivity index (χ4v) is 1.95. The van der Waals surface area contributed by atoms with Crippen molar-refractivity contribution in [1.29, 1.82) is 0 Å². The molecule has 1 atom stereocenters. The molecule has 1 aliphatic heterocycles. The molecule has 4 heteroatoms. The molecule has 0 aliphatic carbocycles. The van der Waals surface area contributed by atoms with E-state index in [4.69, 9.17) is 0 Å². The number of hydrogen-bond donors (Lipinski definition) is 1. The quantitative estimate of drug-likeness (QED) is 0.778. The van der Waals surface area contributed by atoms with E-state index in [9.17, 15) is 9.90 Å². The number of carbonyl (C=O) groups is 1. The van der Waals surface area contributed by atoms with Gasteiger partial charge in [-0.3, -0.25) is 4.79 Å². The number of hydrogen-bond acceptors (Lipinski definition) is 3. The third-order valence-electron chi connectivity index (χ3n) is 2.90. The number of aryl methyl sites for hydroxylation is 1. The molecular weight excluding hydrogens is 216 g/mol. The van der Waals surface area contributed by atoms with Crippen molar-refractivity contribution in [3.8, 4) is 0 Å². The highest BCUT2D eigenvalue weighted by atomic mass is 16.3. The van der Waals surface area contributed by atoms with E-state index in [0.29, 0.717) is 18.7 Å². The molecule has 1 aliphatic rings. The Bertz CT molecular complexity index is 443. The van der Waals surface area contributed by atoms with Gasteiger partial charge in [-0.2, -0.15) is 0 Å². The highest BCUT2D eigenvalue weighted by Crippen LogP contribution is 2.14. The number of pyridine rings is 1. The zero-order valence-corrected chi connectivity index (χ0v) is 9.84. The van der Waals surface area contributed by atoms with Gasteiger partial charge in [-0.05, 0) is 25.5 Å². The average Bonchev–Trinajstić information content (AvgIpc) is 2.38. The van der Waals surface area contributed by atoms with Crippen molar-refractivity contribution in [2.24, 2.45) is 0 Å². The third-order valence-corrected chi connectivity index (χ3v) is 2.90. The Balaban J connectivity index is 2.22. The molecule has 0 fully saturated rings. The highest BCUT2D eigenvalue weighted by Gasteiger charge is 2.25. The lowest BCUT2D eigenvalue weighted by Crippen LogP contribution is -2.44. The van der Waals surface area contributed by atoms with Crippen LogP contribution in [0.1, 0.15) is 22.6 Å². The van der Waals surface area contributed by atoms with Gasteiger partial charge < -0.3 is 10.0 Å². The minimum Gasteiger partial charge on any atom is -0.394 e. The van der Waals surface area contributed by atoms with Crippen LogP contribution in [0.5, 0.6) is 0 Å². The summed E-state index contributed by atoms with van der Waals surface area (Å²) in [5, 5.41) is 9.26. The van der Waals surface area contributed by atoms with Crippen LogP contribution in [0.15, 0.2) is 30.4 Å². The topological polar surface area (TPSA) is 53.4 Å². The lowest BCUT2D eigenvalue weighted by Gasteiger charge is -2.31. The van der Waals surface area contributed by atoms with Gasteiger partial charge in [-0.25, -0.2) is 4.98 Å². The summed E-state index contributed by atoms with van der Waals surface area (Å²) in [7, 11) is 0. The van der Waals surface area contributed by atoms with Crippen molar-refractivity contribution in [2.75, 3.05) is 13.2 Å². The molecule has 4 nitrogen and oxygen atoms in total. The van der Waals surface area contributed by atoms with Gasteiger partial charge in [0.15, 0.2) is 0 Å². The number of rotatable bonds is 2. The van der Waals surface area contributed by atoms with E-state index in [1.54, 1.807) is 11.0 Å². The van der Waals surface area contributed by atoms with E-state index >= 15 is 0 Å². The van der Waals surface area contributed by atoms with Gasteiger partial charge in [0.25, 0.3) is 5.91 Å². The summed E-state index contributed by atoms with van der Waals surface area (Å²) in [5.74, 6) is -0.114. The first kappa shape index (κ1) is 11.8. The van der Waals surface area contributed by atoms with Crippen LogP contribution in [-0.4, -0.2) is 40.1 Å². The molecule has 0 spiro atoms.